The first kappa shape index (κ1) is 16.8. The maximum Gasteiger partial charge on any atom is 0.266 e. The number of benzene rings is 2. The largest absolute Gasteiger partial charge is 0.493 e. The minimum Gasteiger partial charge on any atom is -0.493 e. The molecule has 3 rings (SSSR count). The highest BCUT2D eigenvalue weighted by Gasteiger charge is 2.22. The maximum absolute atomic E-state index is 13.5. The van der Waals surface area contributed by atoms with Crippen molar-refractivity contribution in [3.63, 3.8) is 0 Å². The van der Waals surface area contributed by atoms with Crippen LogP contribution in [0, 0.1) is 18.7 Å². The number of carbonyl (C=O) groups excluding carboxylic acids is 1. The molecule has 0 spiro atoms. The van der Waals surface area contributed by atoms with Crippen molar-refractivity contribution in [3.8, 4) is 5.75 Å². The predicted octanol–water partition coefficient (Wildman–Crippen LogP) is 3.86. The SMILES string of the molecule is Cc1cc(OCC2CC2)cc(C(=O)NNSc2ccccc2F)c1. The second-order valence-electron chi connectivity index (χ2n) is 5.88. The molecule has 1 amide bonds. The molecule has 1 aliphatic carbocycles. The predicted molar refractivity (Wildman–Crippen MR) is 92.3 cm³/mol. The Morgan fingerprint density at radius 1 is 1.29 bits per heavy atom. The van der Waals surface area contributed by atoms with Gasteiger partial charge in [-0.2, -0.15) is 4.83 Å². The smallest absolute Gasteiger partial charge is 0.266 e. The second kappa shape index (κ2) is 7.68. The summed E-state index contributed by atoms with van der Waals surface area (Å²) in [6.45, 7) is 2.62. The molecule has 126 valence electrons. The number of halogens is 1. The molecule has 2 aromatic rings. The van der Waals surface area contributed by atoms with Gasteiger partial charge in [0, 0.05) is 5.56 Å². The zero-order valence-electron chi connectivity index (χ0n) is 13.3. The Bertz CT molecular complexity index is 735. The van der Waals surface area contributed by atoms with Crippen molar-refractivity contribution < 1.29 is 13.9 Å². The van der Waals surface area contributed by atoms with Gasteiger partial charge in [-0.25, -0.2) is 4.39 Å². The fraction of sp³-hybridized carbons (Fsp3) is 0.278. The number of carbonyl (C=O) groups is 1. The van der Waals surface area contributed by atoms with E-state index in [-0.39, 0.29) is 11.7 Å². The van der Waals surface area contributed by atoms with E-state index in [9.17, 15) is 9.18 Å². The molecule has 4 nitrogen and oxygen atoms in total. The molecule has 6 heteroatoms. The van der Waals surface area contributed by atoms with Crippen LogP contribution < -0.4 is 15.0 Å². The normalized spacial score (nSPS) is 13.6. The number of hydrogen-bond acceptors (Lipinski definition) is 4. The van der Waals surface area contributed by atoms with Gasteiger partial charge in [0.05, 0.1) is 11.5 Å². The number of amides is 1. The number of nitrogens with one attached hydrogen (secondary N) is 2. The first-order valence-corrected chi connectivity index (χ1v) is 8.64. The van der Waals surface area contributed by atoms with E-state index in [4.69, 9.17) is 4.74 Å². The van der Waals surface area contributed by atoms with Crippen LogP contribution in [-0.2, 0) is 0 Å². The molecular weight excluding hydrogens is 327 g/mol. The Labute approximate surface area is 144 Å². The summed E-state index contributed by atoms with van der Waals surface area (Å²) in [4.78, 5) is 15.3. The van der Waals surface area contributed by atoms with Crippen LogP contribution in [0.3, 0.4) is 0 Å². The third-order valence-corrected chi connectivity index (χ3v) is 4.41. The van der Waals surface area contributed by atoms with E-state index in [1.807, 2.05) is 13.0 Å². The van der Waals surface area contributed by atoms with E-state index in [0.717, 1.165) is 17.5 Å². The molecule has 2 aromatic carbocycles. The number of ether oxygens (including phenoxy) is 1. The second-order valence-corrected chi connectivity index (χ2v) is 6.73. The number of aryl methyl sites for hydroxylation is 1. The summed E-state index contributed by atoms with van der Waals surface area (Å²) in [7, 11) is 0. The van der Waals surface area contributed by atoms with Crippen LogP contribution in [0.25, 0.3) is 0 Å². The number of hydrogen-bond donors (Lipinski definition) is 2. The first-order chi connectivity index (χ1) is 11.6. The molecule has 1 aliphatic rings. The lowest BCUT2D eigenvalue weighted by Gasteiger charge is -2.10. The Balaban J connectivity index is 1.56. The van der Waals surface area contributed by atoms with E-state index >= 15 is 0 Å². The summed E-state index contributed by atoms with van der Waals surface area (Å²) < 4.78 is 19.2. The van der Waals surface area contributed by atoms with Gasteiger partial charge in [0.25, 0.3) is 5.91 Å². The zero-order valence-corrected chi connectivity index (χ0v) is 14.2. The lowest BCUT2D eigenvalue weighted by molar-refractivity contribution is 0.0946. The van der Waals surface area contributed by atoms with E-state index in [0.29, 0.717) is 28.7 Å². The molecule has 0 radical (unpaired) electrons. The summed E-state index contributed by atoms with van der Waals surface area (Å²) in [6.07, 6.45) is 2.44. The van der Waals surface area contributed by atoms with E-state index < -0.39 is 0 Å². The van der Waals surface area contributed by atoms with Crippen LogP contribution in [-0.4, -0.2) is 12.5 Å². The van der Waals surface area contributed by atoms with Gasteiger partial charge in [-0.1, -0.05) is 12.1 Å². The lowest BCUT2D eigenvalue weighted by atomic mass is 10.1. The van der Waals surface area contributed by atoms with Gasteiger partial charge in [-0.05, 0) is 73.5 Å². The number of rotatable bonds is 7. The highest BCUT2D eigenvalue weighted by atomic mass is 32.2. The van der Waals surface area contributed by atoms with Crippen LogP contribution >= 0.6 is 11.9 Å². The average Bonchev–Trinajstić information content (AvgIpc) is 3.38. The van der Waals surface area contributed by atoms with Crippen molar-refractivity contribution in [1.29, 1.82) is 0 Å². The molecule has 24 heavy (non-hydrogen) atoms. The third kappa shape index (κ3) is 4.72. The molecule has 0 aromatic heterocycles. The zero-order chi connectivity index (χ0) is 16.9. The monoisotopic (exact) mass is 346 g/mol. The molecule has 1 fully saturated rings. The Morgan fingerprint density at radius 2 is 2.08 bits per heavy atom. The van der Waals surface area contributed by atoms with Crippen LogP contribution in [0.1, 0.15) is 28.8 Å². The van der Waals surface area contributed by atoms with E-state index in [2.05, 4.69) is 10.3 Å². The van der Waals surface area contributed by atoms with Crippen LogP contribution in [0.15, 0.2) is 47.4 Å². The van der Waals surface area contributed by atoms with Gasteiger partial charge in [-0.3, -0.25) is 10.2 Å². The first-order valence-electron chi connectivity index (χ1n) is 7.83. The number of hydrazine groups is 1. The minimum atomic E-state index is -0.337. The summed E-state index contributed by atoms with van der Waals surface area (Å²) in [5.41, 5.74) is 4.01. The van der Waals surface area contributed by atoms with Crippen molar-refractivity contribution in [2.45, 2.75) is 24.7 Å². The Kier molecular flexibility index (Phi) is 5.37. The third-order valence-electron chi connectivity index (χ3n) is 3.66. The van der Waals surface area contributed by atoms with Crippen LogP contribution in [0.2, 0.25) is 0 Å². The molecule has 2 N–H and O–H groups in total. The highest BCUT2D eigenvalue weighted by Crippen LogP contribution is 2.30. The van der Waals surface area contributed by atoms with Crippen LogP contribution in [0.5, 0.6) is 5.75 Å². The quantitative estimate of drug-likeness (QED) is 0.590. The maximum atomic E-state index is 13.5. The van der Waals surface area contributed by atoms with Gasteiger partial charge in [0.15, 0.2) is 0 Å². The molecule has 0 saturated heterocycles. The average molecular weight is 346 g/mol. The van der Waals surface area contributed by atoms with Gasteiger partial charge >= 0.3 is 0 Å². The van der Waals surface area contributed by atoms with Crippen molar-refractivity contribution in [2.24, 2.45) is 5.92 Å². The van der Waals surface area contributed by atoms with Crippen molar-refractivity contribution in [2.75, 3.05) is 6.61 Å². The fourth-order valence-corrected chi connectivity index (χ4v) is 2.75. The molecule has 0 bridgehead atoms. The summed E-state index contributed by atoms with van der Waals surface area (Å²) in [5.74, 6) is 0.727. The minimum absolute atomic E-state index is 0.293. The van der Waals surface area contributed by atoms with Gasteiger partial charge in [0.1, 0.15) is 11.6 Å². The van der Waals surface area contributed by atoms with E-state index in [1.165, 1.54) is 18.9 Å². The molecule has 0 atom stereocenters. The van der Waals surface area contributed by atoms with Crippen molar-refractivity contribution >= 4 is 17.9 Å². The summed E-state index contributed by atoms with van der Waals surface area (Å²) >= 11 is 1.01. The van der Waals surface area contributed by atoms with E-state index in [1.54, 1.807) is 30.3 Å². The topological polar surface area (TPSA) is 50.4 Å². The fourth-order valence-electron chi connectivity index (χ4n) is 2.19. The molecule has 1 saturated carbocycles. The van der Waals surface area contributed by atoms with Gasteiger partial charge < -0.3 is 4.74 Å². The molecule has 0 unspecified atom stereocenters. The summed E-state index contributed by atoms with van der Waals surface area (Å²) in [6, 6.07) is 11.8. The molecular formula is C18H19FN2O2S. The van der Waals surface area contributed by atoms with Crippen molar-refractivity contribution in [1.82, 2.24) is 10.3 Å². The molecule has 0 aliphatic heterocycles. The molecule has 0 heterocycles. The van der Waals surface area contributed by atoms with Crippen LogP contribution in [0.4, 0.5) is 4.39 Å². The summed E-state index contributed by atoms with van der Waals surface area (Å²) in [5, 5.41) is 0. The lowest BCUT2D eigenvalue weighted by Crippen LogP contribution is -2.32. The van der Waals surface area contributed by atoms with Crippen molar-refractivity contribution in [3.05, 3.63) is 59.4 Å². The van der Waals surface area contributed by atoms with Gasteiger partial charge in [-0.15, -0.1) is 0 Å². The highest BCUT2D eigenvalue weighted by molar-refractivity contribution is 7.97. The van der Waals surface area contributed by atoms with Gasteiger partial charge in [0.2, 0.25) is 0 Å². The standard InChI is InChI=1S/C18H19FN2O2S/c1-12-8-14(10-15(9-12)23-11-13-6-7-13)18(22)20-21-24-17-5-3-2-4-16(17)19/h2-5,8-10,13,21H,6-7,11H2,1H3,(H,20,22). The Morgan fingerprint density at radius 3 is 2.83 bits per heavy atom. The Hall–Kier alpha value is -2.05.